The maximum absolute atomic E-state index is 6.03. The fraction of sp³-hybridized carbons (Fsp3) is 0.250. The van der Waals surface area contributed by atoms with Crippen LogP contribution in [0.4, 0.5) is 17.2 Å². The molecular weight excluding hydrogens is 271 g/mol. The molecule has 1 heterocycles. The van der Waals surface area contributed by atoms with Crippen molar-refractivity contribution in [1.29, 1.82) is 0 Å². The summed E-state index contributed by atoms with van der Waals surface area (Å²) >= 11 is 11.8. The van der Waals surface area contributed by atoms with Crippen LogP contribution in [-0.4, -0.2) is 9.78 Å². The molecule has 1 aromatic heterocycles. The maximum atomic E-state index is 6.03. The van der Waals surface area contributed by atoms with Gasteiger partial charge in [0.2, 0.25) is 0 Å². The van der Waals surface area contributed by atoms with Crippen LogP contribution in [0.1, 0.15) is 12.6 Å². The third-order valence-electron chi connectivity index (χ3n) is 2.68. The van der Waals surface area contributed by atoms with E-state index in [0.29, 0.717) is 15.7 Å². The van der Waals surface area contributed by atoms with Crippen molar-refractivity contribution in [3.8, 4) is 0 Å². The van der Waals surface area contributed by atoms with E-state index >= 15 is 0 Å². The van der Waals surface area contributed by atoms with E-state index in [1.54, 1.807) is 16.8 Å². The molecule has 0 saturated carbocycles. The number of nitrogens with two attached hydrogens (primary N) is 1. The number of hydrogen-bond donors (Lipinski definition) is 2. The molecular formula is C12H14Cl2N4. The molecule has 0 spiro atoms. The Balaban J connectivity index is 2.33. The van der Waals surface area contributed by atoms with Crippen molar-refractivity contribution in [2.24, 2.45) is 7.05 Å². The van der Waals surface area contributed by atoms with Gasteiger partial charge in [0.1, 0.15) is 0 Å². The van der Waals surface area contributed by atoms with E-state index in [4.69, 9.17) is 28.9 Å². The number of nitrogen functional groups attached to an aromatic ring is 1. The summed E-state index contributed by atoms with van der Waals surface area (Å²) in [6.07, 6.45) is 0.794. The fourth-order valence-electron chi connectivity index (χ4n) is 1.72. The number of aromatic nitrogens is 2. The van der Waals surface area contributed by atoms with Gasteiger partial charge in [0.05, 0.1) is 21.4 Å². The predicted octanol–water partition coefficient (Wildman–Crippen LogP) is 3.62. The van der Waals surface area contributed by atoms with Gasteiger partial charge in [-0.25, -0.2) is 0 Å². The van der Waals surface area contributed by atoms with Crippen LogP contribution in [0.25, 0.3) is 0 Å². The Labute approximate surface area is 116 Å². The first-order valence-electron chi connectivity index (χ1n) is 5.56. The molecule has 0 amide bonds. The molecule has 0 aliphatic carbocycles. The molecule has 0 unspecified atom stereocenters. The minimum atomic E-state index is 0.498. The minimum Gasteiger partial charge on any atom is -0.394 e. The van der Waals surface area contributed by atoms with Gasteiger partial charge >= 0.3 is 0 Å². The molecule has 0 bridgehead atoms. The molecule has 0 aliphatic heterocycles. The Kier molecular flexibility index (Phi) is 3.68. The second kappa shape index (κ2) is 5.08. The van der Waals surface area contributed by atoms with E-state index < -0.39 is 0 Å². The van der Waals surface area contributed by atoms with Gasteiger partial charge in [-0.3, -0.25) is 4.68 Å². The highest BCUT2D eigenvalue weighted by molar-refractivity contribution is 6.42. The number of nitrogens with one attached hydrogen (secondary N) is 1. The van der Waals surface area contributed by atoms with Crippen molar-refractivity contribution in [2.45, 2.75) is 13.3 Å². The van der Waals surface area contributed by atoms with Gasteiger partial charge in [-0.1, -0.05) is 30.1 Å². The second-order valence-electron chi connectivity index (χ2n) is 3.94. The summed E-state index contributed by atoms with van der Waals surface area (Å²) in [7, 11) is 1.84. The lowest BCUT2D eigenvalue weighted by Gasteiger charge is -2.08. The number of hydrogen-bond acceptors (Lipinski definition) is 3. The van der Waals surface area contributed by atoms with Gasteiger partial charge in [-0.05, 0) is 24.6 Å². The van der Waals surface area contributed by atoms with E-state index in [0.717, 1.165) is 23.6 Å². The summed E-state index contributed by atoms with van der Waals surface area (Å²) in [5.74, 6) is 0.755. The zero-order valence-electron chi connectivity index (χ0n) is 10.2. The van der Waals surface area contributed by atoms with E-state index in [1.165, 1.54) is 0 Å². The monoisotopic (exact) mass is 284 g/mol. The molecule has 6 heteroatoms. The van der Waals surface area contributed by atoms with Crippen LogP contribution in [0, 0.1) is 0 Å². The van der Waals surface area contributed by atoms with Crippen LogP contribution in [0.3, 0.4) is 0 Å². The number of halogens is 2. The lowest BCUT2D eigenvalue weighted by molar-refractivity contribution is 0.753. The van der Waals surface area contributed by atoms with Crippen LogP contribution in [0.2, 0.25) is 10.0 Å². The van der Waals surface area contributed by atoms with Crippen molar-refractivity contribution in [2.75, 3.05) is 11.1 Å². The molecule has 4 nitrogen and oxygen atoms in total. The predicted molar refractivity (Wildman–Crippen MR) is 76.7 cm³/mol. The van der Waals surface area contributed by atoms with E-state index in [2.05, 4.69) is 10.4 Å². The Morgan fingerprint density at radius 3 is 2.61 bits per heavy atom. The highest BCUT2D eigenvalue weighted by Gasteiger charge is 2.12. The number of benzene rings is 1. The van der Waals surface area contributed by atoms with Gasteiger partial charge < -0.3 is 11.1 Å². The minimum absolute atomic E-state index is 0.498. The molecule has 0 saturated heterocycles. The molecule has 0 aliphatic rings. The largest absolute Gasteiger partial charge is 0.394 e. The fourth-order valence-corrected chi connectivity index (χ4v) is 2.01. The number of anilines is 3. The summed E-state index contributed by atoms with van der Waals surface area (Å²) < 4.78 is 1.72. The second-order valence-corrected chi connectivity index (χ2v) is 4.75. The van der Waals surface area contributed by atoms with Gasteiger partial charge in [0, 0.05) is 12.7 Å². The van der Waals surface area contributed by atoms with E-state index in [-0.39, 0.29) is 0 Å². The first kappa shape index (κ1) is 13.1. The van der Waals surface area contributed by atoms with Crippen LogP contribution < -0.4 is 11.1 Å². The topological polar surface area (TPSA) is 55.9 Å². The first-order valence-corrected chi connectivity index (χ1v) is 6.32. The van der Waals surface area contributed by atoms with Gasteiger partial charge in [-0.15, -0.1) is 0 Å². The van der Waals surface area contributed by atoms with Crippen molar-refractivity contribution in [3.63, 3.8) is 0 Å². The van der Waals surface area contributed by atoms with Crippen molar-refractivity contribution >= 4 is 40.4 Å². The Morgan fingerprint density at radius 2 is 2.06 bits per heavy atom. The molecule has 18 heavy (non-hydrogen) atoms. The first-order chi connectivity index (χ1) is 8.52. The van der Waals surface area contributed by atoms with E-state index in [1.807, 2.05) is 20.0 Å². The quantitative estimate of drug-likeness (QED) is 0.905. The lowest BCUT2D eigenvalue weighted by atomic mass is 10.3. The zero-order valence-corrected chi connectivity index (χ0v) is 11.7. The lowest BCUT2D eigenvalue weighted by Crippen LogP contribution is -2.01. The summed E-state index contributed by atoms with van der Waals surface area (Å²) in [6.45, 7) is 2.02. The molecule has 0 radical (unpaired) electrons. The molecule has 96 valence electrons. The van der Waals surface area contributed by atoms with Crippen LogP contribution >= 0.6 is 23.2 Å². The maximum Gasteiger partial charge on any atom is 0.152 e. The molecule has 3 N–H and O–H groups in total. The molecule has 0 atom stereocenters. The van der Waals surface area contributed by atoms with Gasteiger partial charge in [-0.2, -0.15) is 5.10 Å². The third kappa shape index (κ3) is 2.40. The average molecular weight is 285 g/mol. The third-order valence-corrected chi connectivity index (χ3v) is 3.42. The Bertz CT molecular complexity index is 578. The molecule has 2 aromatic rings. The summed E-state index contributed by atoms with van der Waals surface area (Å²) in [4.78, 5) is 0. The van der Waals surface area contributed by atoms with Crippen molar-refractivity contribution in [3.05, 3.63) is 33.9 Å². The number of nitrogens with zero attached hydrogens (tertiary/aromatic N) is 2. The SMILES string of the molecule is CCc1nn(C)c(Nc2ccc(Cl)c(Cl)c2)c1N. The highest BCUT2D eigenvalue weighted by atomic mass is 35.5. The van der Waals surface area contributed by atoms with Gasteiger partial charge in [0.15, 0.2) is 5.82 Å². The van der Waals surface area contributed by atoms with Crippen LogP contribution in [-0.2, 0) is 13.5 Å². The van der Waals surface area contributed by atoms with Crippen LogP contribution in [0.15, 0.2) is 18.2 Å². The number of aryl methyl sites for hydroxylation is 2. The standard InChI is InChI=1S/C12H14Cl2N4/c1-3-10-11(15)12(18(2)17-10)16-7-4-5-8(13)9(14)6-7/h4-6,16H,3,15H2,1-2H3. The van der Waals surface area contributed by atoms with Crippen molar-refractivity contribution in [1.82, 2.24) is 9.78 Å². The highest BCUT2D eigenvalue weighted by Crippen LogP contribution is 2.30. The summed E-state index contributed by atoms with van der Waals surface area (Å²) in [6, 6.07) is 5.33. The number of rotatable bonds is 3. The zero-order chi connectivity index (χ0) is 13.3. The smallest absolute Gasteiger partial charge is 0.152 e. The molecule has 2 rings (SSSR count). The van der Waals surface area contributed by atoms with E-state index in [9.17, 15) is 0 Å². The van der Waals surface area contributed by atoms with Gasteiger partial charge in [0.25, 0.3) is 0 Å². The Morgan fingerprint density at radius 1 is 1.33 bits per heavy atom. The Hall–Kier alpha value is -1.39. The van der Waals surface area contributed by atoms with Crippen molar-refractivity contribution < 1.29 is 0 Å². The summed E-state index contributed by atoms with van der Waals surface area (Å²) in [5, 5.41) is 8.55. The normalized spacial score (nSPS) is 10.7. The summed E-state index contributed by atoms with van der Waals surface area (Å²) in [5.41, 5.74) is 8.38. The molecule has 1 aromatic carbocycles. The average Bonchev–Trinajstić information content (AvgIpc) is 2.61. The molecule has 0 fully saturated rings. The van der Waals surface area contributed by atoms with Crippen LogP contribution in [0.5, 0.6) is 0 Å².